The van der Waals surface area contributed by atoms with Gasteiger partial charge in [-0.1, -0.05) is 68.1 Å². The molecule has 1 aliphatic rings. The van der Waals surface area contributed by atoms with Crippen LogP contribution >= 0.6 is 0 Å². The maximum Gasteiger partial charge on any atom is 0.143 e. The van der Waals surface area contributed by atoms with Crippen LogP contribution in [0.4, 0.5) is 5.82 Å². The van der Waals surface area contributed by atoms with Crippen LogP contribution < -0.4 is 5.32 Å². The van der Waals surface area contributed by atoms with Gasteiger partial charge in [-0.05, 0) is 36.2 Å². The smallest absolute Gasteiger partial charge is 0.143 e. The van der Waals surface area contributed by atoms with E-state index in [2.05, 4.69) is 105 Å². The number of H-pyrrole nitrogens is 1. The fourth-order valence-corrected chi connectivity index (χ4v) is 4.60. The molecular weight excluding hydrogens is 420 g/mol. The molecule has 3 heterocycles. The lowest BCUT2D eigenvalue weighted by atomic mass is 10.1. The van der Waals surface area contributed by atoms with Gasteiger partial charge in [0.15, 0.2) is 0 Å². The highest BCUT2D eigenvalue weighted by Crippen LogP contribution is 2.30. The van der Waals surface area contributed by atoms with Gasteiger partial charge in [0.2, 0.25) is 0 Å². The summed E-state index contributed by atoms with van der Waals surface area (Å²) in [6.45, 7) is 14.1. The second-order valence-corrected chi connectivity index (χ2v) is 8.89. The first kappa shape index (κ1) is 22.2. The molecule has 6 heteroatoms. The number of nitrogens with one attached hydrogen (secondary N) is 2. The Labute approximate surface area is 201 Å². The van der Waals surface area contributed by atoms with Crippen molar-refractivity contribution >= 4 is 22.5 Å². The van der Waals surface area contributed by atoms with Crippen molar-refractivity contribution in [3.63, 3.8) is 0 Å². The molecule has 174 valence electrons. The SMILES string of the molecule is C=C(c1ccc(-c2cc3c(N[C@H](C)c4ccccc4)ncnc3[nH]2)cc1)N1CCN(CC)CC1. The zero-order chi connectivity index (χ0) is 23.5. The van der Waals surface area contributed by atoms with Gasteiger partial charge in [0.05, 0.1) is 5.39 Å². The monoisotopic (exact) mass is 452 g/mol. The predicted molar refractivity (Wildman–Crippen MR) is 141 cm³/mol. The molecule has 0 saturated carbocycles. The van der Waals surface area contributed by atoms with Gasteiger partial charge < -0.3 is 20.1 Å². The molecule has 1 saturated heterocycles. The first-order valence-corrected chi connectivity index (χ1v) is 12.0. The third-order valence-corrected chi connectivity index (χ3v) is 6.81. The van der Waals surface area contributed by atoms with Crippen LogP contribution in [0.5, 0.6) is 0 Å². The summed E-state index contributed by atoms with van der Waals surface area (Å²) in [5, 5.41) is 4.53. The van der Waals surface area contributed by atoms with Crippen LogP contribution in [0.1, 0.15) is 31.0 Å². The van der Waals surface area contributed by atoms with Crippen molar-refractivity contribution in [2.75, 3.05) is 38.0 Å². The lowest BCUT2D eigenvalue weighted by Crippen LogP contribution is -2.44. The molecule has 6 nitrogen and oxygen atoms in total. The van der Waals surface area contributed by atoms with Gasteiger partial charge in [-0.2, -0.15) is 0 Å². The molecule has 2 aromatic carbocycles. The number of piperazine rings is 1. The average Bonchev–Trinajstić information content (AvgIpc) is 3.34. The molecule has 0 bridgehead atoms. The van der Waals surface area contributed by atoms with E-state index in [1.54, 1.807) is 6.33 Å². The number of rotatable bonds is 7. The second-order valence-electron chi connectivity index (χ2n) is 8.89. The van der Waals surface area contributed by atoms with Crippen molar-refractivity contribution in [1.82, 2.24) is 24.8 Å². The van der Waals surface area contributed by atoms with Crippen molar-refractivity contribution in [1.29, 1.82) is 0 Å². The summed E-state index contributed by atoms with van der Waals surface area (Å²) in [4.78, 5) is 17.3. The molecule has 4 aromatic rings. The van der Waals surface area contributed by atoms with E-state index < -0.39 is 0 Å². The summed E-state index contributed by atoms with van der Waals surface area (Å²) in [5.74, 6) is 0.833. The zero-order valence-electron chi connectivity index (χ0n) is 20.0. The highest BCUT2D eigenvalue weighted by molar-refractivity contribution is 5.91. The fourth-order valence-electron chi connectivity index (χ4n) is 4.60. The molecule has 2 aromatic heterocycles. The molecule has 0 aliphatic carbocycles. The number of hydrogen-bond acceptors (Lipinski definition) is 5. The number of fused-ring (bicyclic) bond motifs is 1. The van der Waals surface area contributed by atoms with Gasteiger partial charge in [-0.3, -0.25) is 0 Å². The first-order chi connectivity index (χ1) is 16.6. The van der Waals surface area contributed by atoms with Crippen molar-refractivity contribution in [3.8, 4) is 11.3 Å². The Balaban J connectivity index is 1.33. The van der Waals surface area contributed by atoms with Crippen molar-refractivity contribution in [2.45, 2.75) is 19.9 Å². The molecule has 1 atom stereocenters. The Morgan fingerprint density at radius 2 is 1.76 bits per heavy atom. The Hall–Kier alpha value is -3.64. The average molecular weight is 453 g/mol. The summed E-state index contributed by atoms with van der Waals surface area (Å²) >= 11 is 0. The number of anilines is 1. The zero-order valence-corrected chi connectivity index (χ0v) is 20.0. The van der Waals surface area contributed by atoms with Crippen molar-refractivity contribution in [3.05, 3.63) is 84.7 Å². The molecule has 0 spiro atoms. The lowest BCUT2D eigenvalue weighted by Gasteiger charge is -2.36. The van der Waals surface area contributed by atoms with Gasteiger partial charge in [0.1, 0.15) is 17.8 Å². The van der Waals surface area contributed by atoms with E-state index >= 15 is 0 Å². The quantitative estimate of drug-likeness (QED) is 0.393. The van der Waals surface area contributed by atoms with Crippen LogP contribution in [0, 0.1) is 0 Å². The van der Waals surface area contributed by atoms with Crippen molar-refractivity contribution in [2.24, 2.45) is 0 Å². The minimum Gasteiger partial charge on any atom is -0.369 e. The fraction of sp³-hybridized carbons (Fsp3) is 0.286. The lowest BCUT2D eigenvalue weighted by molar-refractivity contribution is 0.183. The third-order valence-electron chi connectivity index (χ3n) is 6.81. The maximum absolute atomic E-state index is 4.52. The van der Waals surface area contributed by atoms with E-state index in [0.717, 1.165) is 66.5 Å². The summed E-state index contributed by atoms with van der Waals surface area (Å²) in [6.07, 6.45) is 1.61. The van der Waals surface area contributed by atoms with Crippen molar-refractivity contribution < 1.29 is 0 Å². The molecule has 1 aliphatic heterocycles. The summed E-state index contributed by atoms with van der Waals surface area (Å²) in [5.41, 5.74) is 6.47. The molecule has 1 fully saturated rings. The van der Waals surface area contributed by atoms with Crippen LogP contribution in [0.3, 0.4) is 0 Å². The minimum absolute atomic E-state index is 0.141. The Morgan fingerprint density at radius 1 is 1.03 bits per heavy atom. The van der Waals surface area contributed by atoms with E-state index in [-0.39, 0.29) is 6.04 Å². The predicted octanol–water partition coefficient (Wildman–Crippen LogP) is 5.41. The molecule has 0 unspecified atom stereocenters. The van der Waals surface area contributed by atoms with Crippen LogP contribution in [-0.2, 0) is 0 Å². The second kappa shape index (κ2) is 9.69. The first-order valence-electron chi connectivity index (χ1n) is 12.0. The van der Waals surface area contributed by atoms with E-state index in [0.29, 0.717) is 0 Å². The number of aromatic amines is 1. The van der Waals surface area contributed by atoms with Gasteiger partial charge in [0.25, 0.3) is 0 Å². The number of benzene rings is 2. The molecular formula is C28H32N6. The largest absolute Gasteiger partial charge is 0.369 e. The summed E-state index contributed by atoms with van der Waals surface area (Å²) in [6, 6.07) is 21.3. The highest BCUT2D eigenvalue weighted by atomic mass is 15.3. The minimum atomic E-state index is 0.141. The number of aromatic nitrogens is 3. The van der Waals surface area contributed by atoms with E-state index in [4.69, 9.17) is 0 Å². The Morgan fingerprint density at radius 3 is 2.47 bits per heavy atom. The van der Waals surface area contributed by atoms with E-state index in [1.165, 1.54) is 11.1 Å². The topological polar surface area (TPSA) is 60.1 Å². The van der Waals surface area contributed by atoms with Gasteiger partial charge in [-0.15, -0.1) is 0 Å². The molecule has 5 rings (SSSR count). The third kappa shape index (κ3) is 4.54. The molecule has 34 heavy (non-hydrogen) atoms. The number of hydrogen-bond donors (Lipinski definition) is 2. The van der Waals surface area contributed by atoms with Crippen LogP contribution in [0.15, 0.2) is 73.6 Å². The van der Waals surface area contributed by atoms with Gasteiger partial charge in [-0.25, -0.2) is 9.97 Å². The number of likely N-dealkylation sites (N-methyl/N-ethyl adjacent to an activating group) is 1. The van der Waals surface area contributed by atoms with Crippen LogP contribution in [0.25, 0.3) is 28.0 Å². The van der Waals surface area contributed by atoms with E-state index in [1.807, 2.05) is 6.07 Å². The Bertz CT molecular complexity index is 1250. The van der Waals surface area contributed by atoms with Crippen LogP contribution in [0.2, 0.25) is 0 Å². The maximum atomic E-state index is 4.52. The number of nitrogens with zero attached hydrogens (tertiary/aromatic N) is 4. The van der Waals surface area contributed by atoms with Gasteiger partial charge >= 0.3 is 0 Å². The van der Waals surface area contributed by atoms with E-state index in [9.17, 15) is 0 Å². The normalized spacial score (nSPS) is 15.4. The molecule has 0 amide bonds. The standard InChI is InChI=1S/C28H32N6/c1-4-33-14-16-34(17-15-33)21(3)23-10-12-24(13-11-23)26-18-25-27(29-19-30-28(25)32-26)31-20(2)22-8-6-5-7-9-22/h5-13,18-20H,3-4,14-17H2,1-2H3,(H2,29,30,31,32)/t20-/m1/s1. The summed E-state index contributed by atoms with van der Waals surface area (Å²) < 4.78 is 0. The van der Waals surface area contributed by atoms with Gasteiger partial charge in [0, 0.05) is 43.6 Å². The summed E-state index contributed by atoms with van der Waals surface area (Å²) in [7, 11) is 0. The molecule has 0 radical (unpaired) electrons. The molecule has 2 N–H and O–H groups in total. The Kier molecular flexibility index (Phi) is 6.32. The van der Waals surface area contributed by atoms with Crippen LogP contribution in [-0.4, -0.2) is 57.5 Å². The highest BCUT2D eigenvalue weighted by Gasteiger charge is 2.18.